The van der Waals surface area contributed by atoms with Crippen LogP contribution in [0.25, 0.3) is 0 Å². The maximum atomic E-state index is 12.5. The molecule has 0 spiro atoms. The van der Waals surface area contributed by atoms with E-state index < -0.39 is 0 Å². The zero-order chi connectivity index (χ0) is 16.9. The monoisotopic (exact) mass is 347 g/mol. The summed E-state index contributed by atoms with van der Waals surface area (Å²) in [6, 6.07) is 17.8. The molecule has 2 aromatic carbocycles. The van der Waals surface area contributed by atoms with Crippen molar-refractivity contribution < 1.29 is 4.79 Å². The van der Waals surface area contributed by atoms with Gasteiger partial charge < -0.3 is 5.32 Å². The molecule has 0 heterocycles. The molecule has 1 amide bonds. The van der Waals surface area contributed by atoms with E-state index in [1.165, 1.54) is 17.3 Å². The molecule has 0 aliphatic carbocycles. The zero-order valence-corrected chi connectivity index (χ0v) is 15.2. The molecule has 2 rings (SSSR count). The second-order valence-corrected chi connectivity index (χ2v) is 8.10. The van der Waals surface area contributed by atoms with Crippen LogP contribution in [0.4, 0.5) is 0 Å². The van der Waals surface area contributed by atoms with Crippen molar-refractivity contribution in [1.29, 1.82) is 0 Å². The highest BCUT2D eigenvalue weighted by Gasteiger charge is 2.24. The lowest BCUT2D eigenvalue weighted by atomic mass is 9.95. The molecule has 0 radical (unpaired) electrons. The summed E-state index contributed by atoms with van der Waals surface area (Å²) >= 11 is 7.42. The lowest BCUT2D eigenvalue weighted by Crippen LogP contribution is -2.47. The Hall–Kier alpha value is -1.45. The smallest absolute Gasteiger partial charge is 0.233 e. The first-order valence-corrected chi connectivity index (χ1v) is 8.90. The minimum atomic E-state index is -0.284. The third kappa shape index (κ3) is 5.92. The number of rotatable bonds is 6. The predicted molar refractivity (Wildman–Crippen MR) is 99.1 cm³/mol. The van der Waals surface area contributed by atoms with Crippen LogP contribution in [-0.4, -0.2) is 16.7 Å². The maximum Gasteiger partial charge on any atom is 0.233 e. The third-order valence-corrected chi connectivity index (χ3v) is 4.81. The van der Waals surface area contributed by atoms with Gasteiger partial charge in [-0.2, -0.15) is 0 Å². The van der Waals surface area contributed by atoms with E-state index >= 15 is 0 Å². The van der Waals surface area contributed by atoms with Gasteiger partial charge in [-0.15, -0.1) is 11.8 Å². The van der Waals surface area contributed by atoms with E-state index in [2.05, 4.69) is 31.3 Å². The van der Waals surface area contributed by atoms with Gasteiger partial charge in [0.25, 0.3) is 0 Å². The molecule has 0 bridgehead atoms. The molecule has 0 aliphatic heterocycles. The Morgan fingerprint density at radius 3 is 2.35 bits per heavy atom. The minimum absolute atomic E-state index is 0.0471. The molecule has 0 fully saturated rings. The first-order chi connectivity index (χ1) is 10.9. The van der Waals surface area contributed by atoms with Crippen LogP contribution in [0.5, 0.6) is 0 Å². The van der Waals surface area contributed by atoms with Gasteiger partial charge in [0.2, 0.25) is 5.91 Å². The third-order valence-electron chi connectivity index (χ3n) is 3.45. The Bertz CT molecular complexity index is 640. The Morgan fingerprint density at radius 2 is 1.74 bits per heavy atom. The van der Waals surface area contributed by atoms with Gasteiger partial charge in [0.15, 0.2) is 0 Å². The van der Waals surface area contributed by atoms with Crippen LogP contribution in [0.3, 0.4) is 0 Å². The molecule has 122 valence electrons. The fourth-order valence-electron chi connectivity index (χ4n) is 2.36. The van der Waals surface area contributed by atoms with Crippen molar-refractivity contribution >= 4 is 29.3 Å². The van der Waals surface area contributed by atoms with Gasteiger partial charge in [0.05, 0.1) is 5.25 Å². The molecular formula is C19H22ClNOS. The average Bonchev–Trinajstić information content (AvgIpc) is 2.49. The summed E-state index contributed by atoms with van der Waals surface area (Å²) in [7, 11) is 0. The number of amides is 1. The normalized spacial score (nSPS) is 12.7. The average molecular weight is 348 g/mol. The Kier molecular flexibility index (Phi) is 6.14. The summed E-state index contributed by atoms with van der Waals surface area (Å²) in [6.45, 7) is 6.03. The molecule has 23 heavy (non-hydrogen) atoms. The number of halogens is 1. The van der Waals surface area contributed by atoms with Crippen molar-refractivity contribution in [3.63, 3.8) is 0 Å². The summed E-state index contributed by atoms with van der Waals surface area (Å²) in [5.74, 6) is 0.0471. The number of carbonyl (C=O) groups is 1. The molecule has 2 aromatic rings. The predicted octanol–water partition coefficient (Wildman–Crippen LogP) is 4.96. The quantitative estimate of drug-likeness (QED) is 0.748. The highest BCUT2D eigenvalue weighted by atomic mass is 35.5. The van der Waals surface area contributed by atoms with E-state index in [4.69, 9.17) is 11.6 Å². The molecule has 1 atom stereocenters. The lowest BCUT2D eigenvalue weighted by Gasteiger charge is -2.28. The van der Waals surface area contributed by atoms with Crippen LogP contribution in [0.2, 0.25) is 5.02 Å². The zero-order valence-electron chi connectivity index (χ0n) is 13.7. The van der Waals surface area contributed by atoms with Gasteiger partial charge in [-0.25, -0.2) is 0 Å². The van der Waals surface area contributed by atoms with Crippen molar-refractivity contribution in [2.45, 2.75) is 42.9 Å². The van der Waals surface area contributed by atoms with E-state index in [1.807, 2.05) is 49.4 Å². The van der Waals surface area contributed by atoms with Gasteiger partial charge in [0, 0.05) is 15.5 Å². The lowest BCUT2D eigenvalue weighted by molar-refractivity contribution is -0.121. The molecule has 4 heteroatoms. The van der Waals surface area contributed by atoms with Gasteiger partial charge in [0.1, 0.15) is 0 Å². The van der Waals surface area contributed by atoms with Gasteiger partial charge >= 0.3 is 0 Å². The fraction of sp³-hybridized carbons (Fsp3) is 0.316. The highest BCUT2D eigenvalue weighted by Crippen LogP contribution is 2.25. The van der Waals surface area contributed by atoms with Crippen molar-refractivity contribution in [2.75, 3.05) is 0 Å². The first kappa shape index (κ1) is 17.9. The van der Waals surface area contributed by atoms with E-state index in [1.54, 1.807) is 0 Å². The fourth-order valence-corrected chi connectivity index (χ4v) is 3.35. The van der Waals surface area contributed by atoms with Crippen LogP contribution in [-0.2, 0) is 11.2 Å². The Balaban J connectivity index is 1.92. The molecule has 0 aromatic heterocycles. The van der Waals surface area contributed by atoms with Crippen molar-refractivity contribution in [2.24, 2.45) is 0 Å². The summed E-state index contributed by atoms with van der Waals surface area (Å²) < 4.78 is 0. The van der Waals surface area contributed by atoms with Gasteiger partial charge in [-0.05, 0) is 57.0 Å². The number of nitrogens with one attached hydrogen (secondary N) is 1. The Morgan fingerprint density at radius 1 is 1.13 bits per heavy atom. The molecule has 2 nitrogen and oxygen atoms in total. The molecule has 0 unspecified atom stereocenters. The summed E-state index contributed by atoms with van der Waals surface area (Å²) in [5, 5.41) is 3.69. The van der Waals surface area contributed by atoms with Crippen LogP contribution in [0.1, 0.15) is 26.3 Å². The second-order valence-electron chi connectivity index (χ2n) is 6.25. The molecule has 1 N–H and O–H groups in total. The minimum Gasteiger partial charge on any atom is -0.350 e. The van der Waals surface area contributed by atoms with Crippen molar-refractivity contribution in [3.05, 3.63) is 65.2 Å². The summed E-state index contributed by atoms with van der Waals surface area (Å²) in [6.07, 6.45) is 0.803. The molecular weight excluding hydrogens is 326 g/mol. The van der Waals surface area contributed by atoms with Crippen LogP contribution in [0, 0.1) is 0 Å². The second kappa shape index (κ2) is 7.89. The molecule has 0 saturated carbocycles. The summed E-state index contributed by atoms with van der Waals surface area (Å²) in [4.78, 5) is 13.5. The van der Waals surface area contributed by atoms with E-state index in [9.17, 15) is 4.79 Å². The van der Waals surface area contributed by atoms with Crippen LogP contribution >= 0.6 is 23.4 Å². The number of hydrogen-bond donors (Lipinski definition) is 1. The number of benzene rings is 2. The standard InChI is InChI=1S/C19H22ClNOS/c1-14(23-17-11-9-16(20)10-12-17)18(22)21-19(2,3)13-15-7-5-4-6-8-15/h4-12,14H,13H2,1-3H3,(H,21,22)/t14-/m1/s1. The largest absolute Gasteiger partial charge is 0.350 e. The topological polar surface area (TPSA) is 29.1 Å². The van der Waals surface area contributed by atoms with Crippen molar-refractivity contribution in [3.8, 4) is 0 Å². The van der Waals surface area contributed by atoms with Gasteiger partial charge in [-0.1, -0.05) is 41.9 Å². The number of thioether (sulfide) groups is 1. The number of carbonyl (C=O) groups excluding carboxylic acids is 1. The Labute approximate surface area is 147 Å². The van der Waals surface area contributed by atoms with Gasteiger partial charge in [-0.3, -0.25) is 4.79 Å². The van der Waals surface area contributed by atoms with Crippen LogP contribution in [0.15, 0.2) is 59.5 Å². The van der Waals surface area contributed by atoms with Crippen LogP contribution < -0.4 is 5.32 Å². The highest BCUT2D eigenvalue weighted by molar-refractivity contribution is 8.00. The van der Waals surface area contributed by atoms with E-state index in [0.717, 1.165) is 11.3 Å². The summed E-state index contributed by atoms with van der Waals surface area (Å²) in [5.41, 5.74) is 0.934. The first-order valence-electron chi connectivity index (χ1n) is 7.64. The van der Waals surface area contributed by atoms with E-state index in [-0.39, 0.29) is 16.7 Å². The SMILES string of the molecule is C[C@@H](Sc1ccc(Cl)cc1)C(=O)NC(C)(C)Cc1ccccc1. The maximum absolute atomic E-state index is 12.5. The van der Waals surface area contributed by atoms with E-state index in [0.29, 0.717) is 5.02 Å². The van der Waals surface area contributed by atoms with Crippen molar-refractivity contribution in [1.82, 2.24) is 5.32 Å². The number of hydrogen-bond acceptors (Lipinski definition) is 2. The molecule has 0 aliphatic rings. The molecule has 0 saturated heterocycles.